The van der Waals surface area contributed by atoms with E-state index in [0.717, 1.165) is 5.56 Å². The zero-order chi connectivity index (χ0) is 38.5. The normalized spacial score (nSPS) is 17.0. The molecule has 3 atom stereocenters. The van der Waals surface area contributed by atoms with Crippen LogP contribution in [0.5, 0.6) is 17.2 Å². The fourth-order valence-corrected chi connectivity index (χ4v) is 6.07. The summed E-state index contributed by atoms with van der Waals surface area (Å²) in [7, 11) is 1.89. The molecule has 53 heavy (non-hydrogen) atoms. The molecular formula is C39H39F6N3O5. The van der Waals surface area contributed by atoms with Crippen LogP contribution in [-0.2, 0) is 30.1 Å². The predicted molar refractivity (Wildman–Crippen MR) is 186 cm³/mol. The van der Waals surface area contributed by atoms with Gasteiger partial charge in [-0.1, -0.05) is 49.4 Å². The zero-order valence-electron chi connectivity index (χ0n) is 29.2. The lowest BCUT2D eigenvalue weighted by Crippen LogP contribution is -2.49. The van der Waals surface area contributed by atoms with Crippen molar-refractivity contribution in [2.75, 3.05) is 32.1 Å². The lowest BCUT2D eigenvalue weighted by atomic mass is 9.98. The van der Waals surface area contributed by atoms with Crippen LogP contribution in [0.15, 0.2) is 91.0 Å². The minimum Gasteiger partial charge on any atom is -0.486 e. The number of hydrogen-bond donors (Lipinski definition) is 2. The molecule has 1 aliphatic heterocycles. The van der Waals surface area contributed by atoms with Gasteiger partial charge in [-0.2, -0.15) is 26.3 Å². The highest BCUT2D eigenvalue weighted by Crippen LogP contribution is 2.39. The summed E-state index contributed by atoms with van der Waals surface area (Å²) in [5.41, 5.74) is -2.70. The van der Waals surface area contributed by atoms with E-state index in [1.807, 2.05) is 73.5 Å². The molecular weight excluding hydrogens is 704 g/mol. The number of aliphatic hydroxyl groups excluding tert-OH is 1. The molecule has 0 aromatic heterocycles. The van der Waals surface area contributed by atoms with E-state index in [0.29, 0.717) is 36.7 Å². The Balaban J connectivity index is 1.38. The van der Waals surface area contributed by atoms with Crippen molar-refractivity contribution in [3.63, 3.8) is 0 Å². The summed E-state index contributed by atoms with van der Waals surface area (Å²) in [6.07, 6.45) is -11.7. The molecule has 2 N–H and O–H groups in total. The Kier molecular flexibility index (Phi) is 12.0. The van der Waals surface area contributed by atoms with E-state index >= 15 is 0 Å². The van der Waals surface area contributed by atoms with Gasteiger partial charge in [-0.15, -0.1) is 0 Å². The zero-order valence-corrected chi connectivity index (χ0v) is 29.2. The number of carbonyl (C=O) groups is 2. The number of anilines is 1. The molecule has 0 bridgehead atoms. The number of para-hydroxylation sites is 2. The Bertz CT molecular complexity index is 1890. The fourth-order valence-electron chi connectivity index (χ4n) is 6.07. The number of hydrogen-bond acceptors (Lipinski definition) is 6. The second kappa shape index (κ2) is 16.3. The second-order valence-electron chi connectivity index (χ2n) is 13.2. The number of nitrogens with one attached hydrogen (secondary N) is 1. The highest BCUT2D eigenvalue weighted by atomic mass is 19.4. The van der Waals surface area contributed by atoms with Crippen LogP contribution < -0.4 is 14.8 Å². The molecule has 14 heteroatoms. The summed E-state index contributed by atoms with van der Waals surface area (Å²) in [6, 6.07) is 21.8. The molecule has 0 spiro atoms. The van der Waals surface area contributed by atoms with Crippen LogP contribution in [0.1, 0.15) is 46.5 Å². The monoisotopic (exact) mass is 743 g/mol. The summed E-state index contributed by atoms with van der Waals surface area (Å²) in [6.45, 7) is 4.33. The van der Waals surface area contributed by atoms with Crippen molar-refractivity contribution >= 4 is 17.5 Å². The molecule has 282 valence electrons. The first-order valence-electron chi connectivity index (χ1n) is 16.8. The van der Waals surface area contributed by atoms with Crippen LogP contribution in [0.4, 0.5) is 32.0 Å². The maximum Gasteiger partial charge on any atom is 0.416 e. The van der Waals surface area contributed by atoms with Gasteiger partial charge < -0.3 is 24.8 Å². The van der Waals surface area contributed by atoms with Gasteiger partial charge in [0.05, 0.1) is 41.4 Å². The van der Waals surface area contributed by atoms with Gasteiger partial charge >= 0.3 is 12.4 Å². The van der Waals surface area contributed by atoms with E-state index in [-0.39, 0.29) is 42.1 Å². The quantitative estimate of drug-likeness (QED) is 0.151. The first-order valence-corrected chi connectivity index (χ1v) is 16.8. The maximum atomic E-state index is 13.8. The largest absolute Gasteiger partial charge is 0.486 e. The molecule has 4 aromatic carbocycles. The average Bonchev–Trinajstić information content (AvgIpc) is 3.10. The molecule has 4 aromatic rings. The molecule has 0 saturated heterocycles. The Hall–Kier alpha value is -5.08. The molecule has 0 saturated carbocycles. The Morgan fingerprint density at radius 3 is 2.28 bits per heavy atom. The maximum absolute atomic E-state index is 13.8. The number of fused-ring (bicyclic) bond motifs is 1. The summed E-state index contributed by atoms with van der Waals surface area (Å²) in [5, 5.41) is 12.5. The number of amides is 2. The van der Waals surface area contributed by atoms with Gasteiger partial charge in [-0.05, 0) is 73.6 Å². The van der Waals surface area contributed by atoms with E-state index in [1.54, 1.807) is 6.92 Å². The van der Waals surface area contributed by atoms with Gasteiger partial charge in [0.25, 0.3) is 5.91 Å². The average molecular weight is 744 g/mol. The third kappa shape index (κ3) is 9.87. The van der Waals surface area contributed by atoms with Crippen LogP contribution in [0.25, 0.3) is 0 Å². The minimum atomic E-state index is -5.16. The number of ether oxygens (including phenoxy) is 2. The van der Waals surface area contributed by atoms with Gasteiger partial charge in [-0.3, -0.25) is 14.5 Å². The lowest BCUT2D eigenvalue weighted by molar-refractivity contribution is -0.143. The van der Waals surface area contributed by atoms with Crippen molar-refractivity contribution in [1.29, 1.82) is 0 Å². The van der Waals surface area contributed by atoms with Crippen molar-refractivity contribution in [3.05, 3.63) is 119 Å². The summed E-state index contributed by atoms with van der Waals surface area (Å²) in [5.74, 6) is -0.397. The highest BCUT2D eigenvalue weighted by Gasteiger charge is 2.39. The van der Waals surface area contributed by atoms with Gasteiger partial charge in [0.15, 0.2) is 5.75 Å². The van der Waals surface area contributed by atoms with Crippen LogP contribution in [0.2, 0.25) is 0 Å². The molecule has 5 rings (SSSR count). The number of aliphatic hydroxyl groups is 1. The van der Waals surface area contributed by atoms with Crippen LogP contribution in [0, 0.1) is 5.92 Å². The molecule has 0 aliphatic carbocycles. The van der Waals surface area contributed by atoms with Gasteiger partial charge in [0, 0.05) is 25.6 Å². The number of alkyl halides is 6. The number of rotatable bonds is 11. The van der Waals surface area contributed by atoms with Crippen molar-refractivity contribution in [2.24, 2.45) is 5.92 Å². The van der Waals surface area contributed by atoms with Crippen molar-refractivity contribution in [3.8, 4) is 17.2 Å². The fraction of sp³-hybridized carbons (Fsp3) is 0.333. The number of carbonyl (C=O) groups excluding carboxylic acids is 2. The standard InChI is InChI=1S/C39H39F6N3O5/c1-24-20-48(25(2)23-49)37(51)31-10-7-11-33(46-35(50)18-27-14-15-28(38(40,41)42)19-32(27)39(43,44)45)36(31)53-34(24)22-47(3)21-26-12-16-30(17-13-26)52-29-8-5-4-6-9-29/h4-17,19,24-25,34,49H,18,20-23H2,1-3H3,(H,46,50)/t24-,25?,34-/m1/s1. The third-order valence-electron chi connectivity index (χ3n) is 8.91. The number of halogens is 6. The Labute approximate surface area is 302 Å². The molecule has 0 radical (unpaired) electrons. The SMILES string of the molecule is CC(CO)N1C[C@@H](C)[C@@H](CN(C)Cc2ccc(Oc3ccccc3)cc2)Oc2c(NC(=O)Cc3ccc(C(F)(F)F)cc3C(F)(F)F)cccc2C1=O. The minimum absolute atomic E-state index is 0.00585. The molecule has 1 aliphatic rings. The lowest BCUT2D eigenvalue weighted by Gasteiger charge is -2.38. The van der Waals surface area contributed by atoms with Crippen molar-refractivity contribution < 1.29 is 50.5 Å². The first kappa shape index (κ1) is 39.1. The Morgan fingerprint density at radius 2 is 1.64 bits per heavy atom. The predicted octanol–water partition coefficient (Wildman–Crippen LogP) is 8.05. The first-order chi connectivity index (χ1) is 25.0. The summed E-state index contributed by atoms with van der Waals surface area (Å²) >= 11 is 0. The van der Waals surface area contributed by atoms with Crippen LogP contribution in [-0.4, -0.2) is 65.6 Å². The number of benzene rings is 4. The van der Waals surface area contributed by atoms with E-state index in [4.69, 9.17) is 9.47 Å². The highest BCUT2D eigenvalue weighted by molar-refractivity contribution is 6.02. The van der Waals surface area contributed by atoms with Crippen molar-refractivity contribution in [2.45, 2.75) is 51.3 Å². The number of likely N-dealkylation sites (N-methyl/N-ethyl adjacent to an activating group) is 1. The molecule has 2 amide bonds. The van der Waals surface area contributed by atoms with Gasteiger partial charge in [0.2, 0.25) is 5.91 Å². The van der Waals surface area contributed by atoms with Crippen molar-refractivity contribution in [1.82, 2.24) is 9.80 Å². The third-order valence-corrected chi connectivity index (χ3v) is 8.91. The van der Waals surface area contributed by atoms with Crippen LogP contribution >= 0.6 is 0 Å². The smallest absolute Gasteiger partial charge is 0.416 e. The van der Waals surface area contributed by atoms with E-state index in [2.05, 4.69) is 5.32 Å². The number of nitrogens with zero attached hydrogens (tertiary/aromatic N) is 2. The molecule has 8 nitrogen and oxygen atoms in total. The van der Waals surface area contributed by atoms with Gasteiger partial charge in [-0.25, -0.2) is 0 Å². The molecule has 0 fully saturated rings. The van der Waals surface area contributed by atoms with E-state index < -0.39 is 59.4 Å². The van der Waals surface area contributed by atoms with E-state index in [9.17, 15) is 41.0 Å². The van der Waals surface area contributed by atoms with Gasteiger partial charge in [0.1, 0.15) is 17.6 Å². The second-order valence-corrected chi connectivity index (χ2v) is 13.2. The summed E-state index contributed by atoms with van der Waals surface area (Å²) < 4.78 is 93.4. The topological polar surface area (TPSA) is 91.3 Å². The molecule has 1 unspecified atom stereocenters. The molecule has 1 heterocycles. The Morgan fingerprint density at radius 1 is 0.962 bits per heavy atom. The summed E-state index contributed by atoms with van der Waals surface area (Å²) in [4.78, 5) is 30.6. The van der Waals surface area contributed by atoms with E-state index in [1.165, 1.54) is 23.1 Å². The van der Waals surface area contributed by atoms with Crippen LogP contribution in [0.3, 0.4) is 0 Å².